The first kappa shape index (κ1) is 17.1. The third-order valence-corrected chi connectivity index (χ3v) is 5.79. The summed E-state index contributed by atoms with van der Waals surface area (Å²) in [5.74, 6) is 0. The highest BCUT2D eigenvalue weighted by Crippen LogP contribution is 2.33. The molecule has 0 aliphatic carbocycles. The lowest BCUT2D eigenvalue weighted by Crippen LogP contribution is -2.21. The van der Waals surface area contributed by atoms with Crippen molar-refractivity contribution in [2.45, 2.75) is 13.8 Å². The van der Waals surface area contributed by atoms with Crippen LogP contribution >= 0.6 is 12.2 Å². The van der Waals surface area contributed by atoms with Crippen LogP contribution < -0.4 is 4.90 Å². The zero-order valence-electron chi connectivity index (χ0n) is 15.9. The zero-order valence-corrected chi connectivity index (χ0v) is 16.7. The van der Waals surface area contributed by atoms with E-state index in [0.29, 0.717) is 4.71 Å². The Morgan fingerprint density at radius 3 is 2.43 bits per heavy atom. The maximum absolute atomic E-state index is 6.04. The van der Waals surface area contributed by atoms with E-state index in [0.717, 1.165) is 56.9 Å². The Labute approximate surface area is 168 Å². The molecule has 0 radical (unpaired) electrons. The van der Waals surface area contributed by atoms with Gasteiger partial charge in [0.05, 0.1) is 16.4 Å². The monoisotopic (exact) mass is 384 g/mol. The van der Waals surface area contributed by atoms with E-state index in [4.69, 9.17) is 21.6 Å². The molecule has 0 saturated heterocycles. The molecule has 0 bridgehead atoms. The molecular formula is C24H20N2OS. The molecule has 5 rings (SSSR count). The summed E-state index contributed by atoms with van der Waals surface area (Å²) >= 11 is 5.59. The molecule has 138 valence electrons. The number of fused-ring (bicyclic) bond motifs is 6. The molecule has 0 N–H and O–H groups in total. The molecule has 2 aromatic heterocycles. The summed E-state index contributed by atoms with van der Waals surface area (Å²) in [6.07, 6.45) is 0. The van der Waals surface area contributed by atoms with Crippen molar-refractivity contribution in [3.8, 4) is 0 Å². The Morgan fingerprint density at radius 2 is 1.61 bits per heavy atom. The zero-order chi connectivity index (χ0) is 19.3. The van der Waals surface area contributed by atoms with Crippen LogP contribution in [0.15, 0.2) is 65.1 Å². The molecule has 0 spiro atoms. The number of hydrogen-bond acceptors (Lipinski definition) is 4. The van der Waals surface area contributed by atoms with Crippen molar-refractivity contribution in [3.63, 3.8) is 0 Å². The van der Waals surface area contributed by atoms with E-state index in [-0.39, 0.29) is 0 Å². The molecule has 0 unspecified atom stereocenters. The number of pyridine rings is 1. The van der Waals surface area contributed by atoms with Crippen molar-refractivity contribution in [1.82, 2.24) is 4.98 Å². The van der Waals surface area contributed by atoms with Crippen LogP contribution in [0.3, 0.4) is 0 Å². The Bertz CT molecular complexity index is 1420. The molecule has 0 saturated carbocycles. The molecule has 0 fully saturated rings. The maximum atomic E-state index is 6.04. The third-order valence-electron chi connectivity index (χ3n) is 5.48. The Hall–Kier alpha value is -2.98. The quantitative estimate of drug-likeness (QED) is 0.193. The lowest BCUT2D eigenvalue weighted by molar-refractivity contribution is 0.594. The van der Waals surface area contributed by atoms with Crippen LogP contribution in [0.4, 0.5) is 5.69 Å². The van der Waals surface area contributed by atoms with Gasteiger partial charge in [-0.15, -0.1) is 0 Å². The number of benzene rings is 3. The van der Waals surface area contributed by atoms with E-state index in [2.05, 4.69) is 79.4 Å². The van der Waals surface area contributed by atoms with Crippen LogP contribution in [0, 0.1) is 4.71 Å². The lowest BCUT2D eigenvalue weighted by atomic mass is 10.0. The topological polar surface area (TPSA) is 29.3 Å². The van der Waals surface area contributed by atoms with E-state index in [1.165, 1.54) is 5.39 Å². The summed E-state index contributed by atoms with van der Waals surface area (Å²) in [5, 5.41) is 5.30. The second kappa shape index (κ2) is 6.57. The number of nitrogens with zero attached hydrogens (tertiary/aromatic N) is 2. The smallest absolute Gasteiger partial charge is 0.200 e. The second-order valence-corrected chi connectivity index (χ2v) is 7.36. The summed E-state index contributed by atoms with van der Waals surface area (Å²) < 4.78 is 6.53. The summed E-state index contributed by atoms with van der Waals surface area (Å²) in [4.78, 5) is 7.36. The average molecular weight is 385 g/mol. The van der Waals surface area contributed by atoms with E-state index in [1.54, 1.807) is 0 Å². The Kier molecular flexibility index (Phi) is 4.02. The molecule has 4 heteroatoms. The van der Waals surface area contributed by atoms with Crippen molar-refractivity contribution in [2.24, 2.45) is 0 Å². The van der Waals surface area contributed by atoms with Gasteiger partial charge in [0.1, 0.15) is 5.58 Å². The predicted octanol–water partition coefficient (Wildman–Crippen LogP) is 6.86. The highest BCUT2D eigenvalue weighted by Gasteiger charge is 2.12. The van der Waals surface area contributed by atoms with Gasteiger partial charge in [-0.25, -0.2) is 4.98 Å². The van der Waals surface area contributed by atoms with Gasteiger partial charge in [0.2, 0.25) is 0 Å². The maximum Gasteiger partial charge on any atom is 0.200 e. The molecule has 0 atom stereocenters. The standard InChI is InChI=1S/C24H20N2OS/c1-3-26(4-2)17-11-12-19-21(14-17)27-24(28)20-13-16-10-9-15-7-5-6-8-18(15)22(16)25-23(19)20/h5-14H,3-4H2,1-2H3. The minimum absolute atomic E-state index is 0.488. The van der Waals surface area contributed by atoms with Crippen LogP contribution in [0.5, 0.6) is 0 Å². The molecule has 28 heavy (non-hydrogen) atoms. The first-order valence-corrected chi connectivity index (χ1v) is 10.0. The average Bonchev–Trinajstić information content (AvgIpc) is 2.73. The number of anilines is 1. The van der Waals surface area contributed by atoms with Crippen molar-refractivity contribution in [2.75, 3.05) is 18.0 Å². The minimum atomic E-state index is 0.488. The van der Waals surface area contributed by atoms with Gasteiger partial charge in [0.25, 0.3) is 0 Å². The molecule has 3 aromatic carbocycles. The van der Waals surface area contributed by atoms with Gasteiger partial charge >= 0.3 is 0 Å². The highest BCUT2D eigenvalue weighted by atomic mass is 32.1. The molecule has 0 aliphatic rings. The van der Waals surface area contributed by atoms with Crippen molar-refractivity contribution in [3.05, 3.63) is 65.4 Å². The second-order valence-electron chi connectivity index (χ2n) is 6.99. The van der Waals surface area contributed by atoms with Crippen LogP contribution in [0.1, 0.15) is 13.8 Å². The van der Waals surface area contributed by atoms with E-state index in [9.17, 15) is 0 Å². The Balaban J connectivity index is 1.88. The molecule has 0 amide bonds. The van der Waals surface area contributed by atoms with Gasteiger partial charge in [0.15, 0.2) is 4.71 Å². The number of aromatic nitrogens is 1. The van der Waals surface area contributed by atoms with Gasteiger partial charge in [-0.3, -0.25) is 0 Å². The third kappa shape index (κ3) is 2.56. The van der Waals surface area contributed by atoms with Crippen molar-refractivity contribution < 1.29 is 4.42 Å². The molecule has 2 heterocycles. The van der Waals surface area contributed by atoms with Crippen LogP contribution in [0.2, 0.25) is 0 Å². The van der Waals surface area contributed by atoms with Crippen molar-refractivity contribution >= 4 is 61.5 Å². The van der Waals surface area contributed by atoms with E-state index < -0.39 is 0 Å². The summed E-state index contributed by atoms with van der Waals surface area (Å²) in [6.45, 7) is 6.21. The van der Waals surface area contributed by atoms with Gasteiger partial charge in [-0.2, -0.15) is 0 Å². The van der Waals surface area contributed by atoms with Gasteiger partial charge in [0, 0.05) is 41.0 Å². The normalized spacial score (nSPS) is 11.6. The van der Waals surface area contributed by atoms with Crippen LogP contribution in [0.25, 0.3) is 43.5 Å². The number of hydrogen-bond donors (Lipinski definition) is 0. The summed E-state index contributed by atoms with van der Waals surface area (Å²) in [5.41, 5.74) is 3.83. The summed E-state index contributed by atoms with van der Waals surface area (Å²) in [7, 11) is 0. The molecule has 5 aromatic rings. The van der Waals surface area contributed by atoms with E-state index >= 15 is 0 Å². The van der Waals surface area contributed by atoms with Gasteiger partial charge in [-0.05, 0) is 49.7 Å². The summed E-state index contributed by atoms with van der Waals surface area (Å²) in [6, 6.07) is 21.0. The fourth-order valence-corrected chi connectivity index (χ4v) is 4.25. The SMILES string of the molecule is CCN(CC)c1ccc2c(c1)oc(=S)c1cc3ccc4ccccc4c3nc12. The largest absolute Gasteiger partial charge is 0.444 e. The van der Waals surface area contributed by atoms with Gasteiger partial charge in [-0.1, -0.05) is 36.4 Å². The predicted molar refractivity (Wildman–Crippen MR) is 121 cm³/mol. The fraction of sp³-hybridized carbons (Fsp3) is 0.167. The lowest BCUT2D eigenvalue weighted by Gasteiger charge is -2.21. The number of rotatable bonds is 3. The van der Waals surface area contributed by atoms with Gasteiger partial charge < -0.3 is 9.32 Å². The fourth-order valence-electron chi connectivity index (χ4n) is 4.00. The first-order chi connectivity index (χ1) is 13.7. The van der Waals surface area contributed by atoms with Crippen molar-refractivity contribution in [1.29, 1.82) is 0 Å². The minimum Gasteiger partial charge on any atom is -0.444 e. The van der Waals surface area contributed by atoms with Crippen LogP contribution in [-0.2, 0) is 0 Å². The van der Waals surface area contributed by atoms with E-state index in [1.807, 2.05) is 0 Å². The Morgan fingerprint density at radius 1 is 0.821 bits per heavy atom. The highest BCUT2D eigenvalue weighted by molar-refractivity contribution is 7.71. The van der Waals surface area contributed by atoms with Crippen LogP contribution in [-0.4, -0.2) is 18.1 Å². The molecular weight excluding hydrogens is 364 g/mol. The first-order valence-electron chi connectivity index (χ1n) is 9.63. The molecule has 0 aliphatic heterocycles. The molecule has 3 nitrogen and oxygen atoms in total.